The van der Waals surface area contributed by atoms with Crippen LogP contribution in [0, 0.1) is 11.6 Å². The highest BCUT2D eigenvalue weighted by atomic mass is 19.1. The Labute approximate surface area is 173 Å². The topological polar surface area (TPSA) is 62.5 Å². The minimum Gasteiger partial charge on any atom is -0.375 e. The second-order valence-electron chi connectivity index (χ2n) is 7.62. The average molecular weight is 412 g/mol. The Morgan fingerprint density at radius 1 is 1.20 bits per heavy atom. The zero-order valence-corrected chi connectivity index (χ0v) is 16.8. The van der Waals surface area contributed by atoms with E-state index in [0.717, 1.165) is 12.8 Å². The van der Waals surface area contributed by atoms with Gasteiger partial charge in [0.05, 0.1) is 11.6 Å². The number of likely N-dealkylation sites (tertiary alicyclic amines) is 1. The first-order chi connectivity index (χ1) is 14.4. The van der Waals surface area contributed by atoms with Gasteiger partial charge in [-0.3, -0.25) is 4.79 Å². The van der Waals surface area contributed by atoms with Gasteiger partial charge in [0.2, 0.25) is 11.7 Å². The van der Waals surface area contributed by atoms with Crippen LogP contribution in [0.5, 0.6) is 0 Å². The third-order valence-electron chi connectivity index (χ3n) is 5.26. The molecule has 1 fully saturated rings. The highest BCUT2D eigenvalue weighted by molar-refractivity contribution is 5.94. The van der Waals surface area contributed by atoms with Gasteiger partial charge < -0.3 is 14.3 Å². The first kappa shape index (κ1) is 20.0. The van der Waals surface area contributed by atoms with Gasteiger partial charge in [-0.25, -0.2) is 8.78 Å². The lowest BCUT2D eigenvalue weighted by atomic mass is 9.97. The van der Waals surface area contributed by atoms with E-state index >= 15 is 0 Å². The molecule has 4 rings (SSSR count). The quantitative estimate of drug-likeness (QED) is 0.646. The van der Waals surface area contributed by atoms with E-state index in [4.69, 9.17) is 4.52 Å². The molecule has 0 aliphatic carbocycles. The van der Waals surface area contributed by atoms with Gasteiger partial charge in [-0.2, -0.15) is 4.98 Å². The number of hydrogen-bond donors (Lipinski definition) is 0. The largest absolute Gasteiger partial charge is 0.375 e. The molecule has 1 aliphatic rings. The number of halogens is 2. The summed E-state index contributed by atoms with van der Waals surface area (Å²) in [5.74, 6) is -0.427. The number of hydrogen-bond acceptors (Lipinski definition) is 5. The van der Waals surface area contributed by atoms with Gasteiger partial charge in [0, 0.05) is 38.3 Å². The maximum absolute atomic E-state index is 14.3. The fourth-order valence-electron chi connectivity index (χ4n) is 3.69. The van der Waals surface area contributed by atoms with E-state index in [9.17, 15) is 13.6 Å². The Bertz CT molecular complexity index is 1070. The molecule has 1 amide bonds. The fraction of sp³-hybridized carbons (Fsp3) is 0.318. The van der Waals surface area contributed by atoms with Crippen LogP contribution >= 0.6 is 0 Å². The SMILES string of the molecule is CN(C)c1ccc(C(=O)N2CCCC(c3nc(-c4cccc(F)c4)no3)C2)cc1F. The van der Waals surface area contributed by atoms with E-state index in [1.807, 2.05) is 0 Å². The number of aromatic nitrogens is 2. The molecule has 0 radical (unpaired) electrons. The monoisotopic (exact) mass is 412 g/mol. The maximum Gasteiger partial charge on any atom is 0.253 e. The third kappa shape index (κ3) is 4.03. The number of amides is 1. The summed E-state index contributed by atoms with van der Waals surface area (Å²) >= 11 is 0. The number of carbonyl (C=O) groups excluding carboxylic acids is 1. The molecular weight excluding hydrogens is 390 g/mol. The molecule has 6 nitrogen and oxygen atoms in total. The molecule has 0 spiro atoms. The zero-order chi connectivity index (χ0) is 21.3. The van der Waals surface area contributed by atoms with Crippen molar-refractivity contribution in [3.63, 3.8) is 0 Å². The van der Waals surface area contributed by atoms with Gasteiger partial charge in [0.1, 0.15) is 11.6 Å². The van der Waals surface area contributed by atoms with Crippen LogP contribution < -0.4 is 4.90 Å². The van der Waals surface area contributed by atoms with E-state index in [-0.39, 0.29) is 17.6 Å². The smallest absolute Gasteiger partial charge is 0.253 e. The molecule has 156 valence electrons. The predicted octanol–water partition coefficient (Wildman–Crippen LogP) is 4.10. The minimum absolute atomic E-state index is 0.122. The second kappa shape index (κ2) is 8.22. The number of nitrogens with zero attached hydrogens (tertiary/aromatic N) is 4. The maximum atomic E-state index is 14.3. The van der Waals surface area contributed by atoms with Crippen LogP contribution in [0.3, 0.4) is 0 Å². The number of benzene rings is 2. The van der Waals surface area contributed by atoms with Gasteiger partial charge in [-0.05, 0) is 43.2 Å². The molecule has 0 saturated carbocycles. The molecule has 1 aromatic heterocycles. The summed E-state index contributed by atoms with van der Waals surface area (Å²) in [4.78, 5) is 20.7. The first-order valence-corrected chi connectivity index (χ1v) is 9.78. The molecule has 3 aromatic rings. The Morgan fingerprint density at radius 2 is 2.03 bits per heavy atom. The average Bonchev–Trinajstić information content (AvgIpc) is 3.23. The van der Waals surface area contributed by atoms with Crippen LogP contribution in [0.15, 0.2) is 47.0 Å². The van der Waals surface area contributed by atoms with E-state index < -0.39 is 5.82 Å². The van der Waals surface area contributed by atoms with Crippen LogP contribution in [0.1, 0.15) is 35.0 Å². The first-order valence-electron chi connectivity index (χ1n) is 9.78. The molecule has 2 heterocycles. The molecule has 1 atom stereocenters. The number of anilines is 1. The molecule has 8 heteroatoms. The van der Waals surface area contributed by atoms with Crippen LogP contribution in [-0.2, 0) is 0 Å². The second-order valence-corrected chi connectivity index (χ2v) is 7.62. The van der Waals surface area contributed by atoms with Crippen molar-refractivity contribution in [3.8, 4) is 11.4 Å². The minimum atomic E-state index is -0.434. The molecule has 0 N–H and O–H groups in total. The van der Waals surface area contributed by atoms with E-state index in [0.29, 0.717) is 41.6 Å². The van der Waals surface area contributed by atoms with Gasteiger partial charge in [-0.1, -0.05) is 17.3 Å². The summed E-state index contributed by atoms with van der Waals surface area (Å²) in [7, 11) is 3.50. The molecular formula is C22H22F2N4O2. The normalized spacial score (nSPS) is 16.5. The van der Waals surface area contributed by atoms with Gasteiger partial charge in [0.15, 0.2) is 0 Å². The summed E-state index contributed by atoms with van der Waals surface area (Å²) in [5, 5.41) is 3.96. The number of piperidine rings is 1. The van der Waals surface area contributed by atoms with Gasteiger partial charge in [-0.15, -0.1) is 0 Å². The van der Waals surface area contributed by atoms with Crippen LogP contribution in [-0.4, -0.2) is 48.1 Å². The van der Waals surface area contributed by atoms with Crippen LogP contribution in [0.2, 0.25) is 0 Å². The summed E-state index contributed by atoms with van der Waals surface area (Å²) in [6.07, 6.45) is 1.56. The molecule has 0 bridgehead atoms. The molecule has 30 heavy (non-hydrogen) atoms. The van der Waals surface area contributed by atoms with Crippen molar-refractivity contribution in [2.45, 2.75) is 18.8 Å². The Morgan fingerprint density at radius 3 is 2.77 bits per heavy atom. The summed E-state index contributed by atoms with van der Waals surface area (Å²) in [5.41, 5.74) is 1.27. The summed E-state index contributed by atoms with van der Waals surface area (Å²) in [6.45, 7) is 0.984. The zero-order valence-electron chi connectivity index (χ0n) is 16.8. The number of rotatable bonds is 4. The van der Waals surface area contributed by atoms with Crippen molar-refractivity contribution < 1.29 is 18.1 Å². The Balaban J connectivity index is 1.50. The standard InChI is InChI=1S/C22H22F2N4O2/c1-27(2)19-9-8-15(12-18(19)24)22(29)28-10-4-6-16(13-28)21-25-20(26-30-21)14-5-3-7-17(23)11-14/h3,5,7-9,11-12,16H,4,6,10,13H2,1-2H3. The van der Waals surface area contributed by atoms with E-state index in [1.54, 1.807) is 48.2 Å². The summed E-state index contributed by atoms with van der Waals surface area (Å²) < 4.78 is 33.1. The molecule has 1 aliphatic heterocycles. The Kier molecular flexibility index (Phi) is 5.48. The highest BCUT2D eigenvalue weighted by Gasteiger charge is 2.29. The third-order valence-corrected chi connectivity index (χ3v) is 5.26. The van der Waals surface area contributed by atoms with Crippen LogP contribution in [0.4, 0.5) is 14.5 Å². The van der Waals surface area contributed by atoms with Gasteiger partial charge in [0.25, 0.3) is 5.91 Å². The van der Waals surface area contributed by atoms with Crippen molar-refractivity contribution in [1.29, 1.82) is 0 Å². The predicted molar refractivity (Wildman–Crippen MR) is 108 cm³/mol. The lowest BCUT2D eigenvalue weighted by Gasteiger charge is -2.31. The van der Waals surface area contributed by atoms with Crippen molar-refractivity contribution >= 4 is 11.6 Å². The van der Waals surface area contributed by atoms with Gasteiger partial charge >= 0.3 is 0 Å². The van der Waals surface area contributed by atoms with Crippen LogP contribution in [0.25, 0.3) is 11.4 Å². The summed E-state index contributed by atoms with van der Waals surface area (Å²) in [6, 6.07) is 10.5. The lowest BCUT2D eigenvalue weighted by Crippen LogP contribution is -2.39. The van der Waals surface area contributed by atoms with Crippen molar-refractivity contribution in [3.05, 3.63) is 65.6 Å². The van der Waals surface area contributed by atoms with E-state index in [1.165, 1.54) is 18.2 Å². The Hall–Kier alpha value is -3.29. The van der Waals surface area contributed by atoms with Crippen molar-refractivity contribution in [2.75, 3.05) is 32.1 Å². The van der Waals surface area contributed by atoms with Crippen molar-refractivity contribution in [2.24, 2.45) is 0 Å². The lowest BCUT2D eigenvalue weighted by molar-refractivity contribution is 0.0695. The molecule has 1 saturated heterocycles. The van der Waals surface area contributed by atoms with E-state index in [2.05, 4.69) is 10.1 Å². The fourth-order valence-corrected chi connectivity index (χ4v) is 3.69. The highest BCUT2D eigenvalue weighted by Crippen LogP contribution is 2.29. The van der Waals surface area contributed by atoms with Crippen molar-refractivity contribution in [1.82, 2.24) is 15.0 Å². The molecule has 1 unspecified atom stereocenters. The molecule has 2 aromatic carbocycles. The number of carbonyl (C=O) groups is 1.